The number of benzene rings is 1. The number of anilines is 4. The van der Waals surface area contributed by atoms with E-state index in [4.69, 9.17) is 9.97 Å². The number of likely N-dealkylation sites (N-methyl/N-ethyl adjacent to an activating group) is 2. The summed E-state index contributed by atoms with van der Waals surface area (Å²) in [6.07, 6.45) is 5.75. The molecular formula is C25H29N7OS. The molecule has 1 saturated heterocycles. The SMILES string of the molecule is CNC(=O)C1=CCCC=C1Nc1nc(Nc2ccc(N3CCN(C)CC3)cc2)nc2ccsc12. The molecule has 2 aromatic heterocycles. The molecule has 3 N–H and O–H groups in total. The van der Waals surface area contributed by atoms with E-state index in [0.29, 0.717) is 17.3 Å². The van der Waals surface area contributed by atoms with E-state index >= 15 is 0 Å². The minimum atomic E-state index is -0.103. The quantitative estimate of drug-likeness (QED) is 0.498. The smallest absolute Gasteiger partial charge is 0.252 e. The highest BCUT2D eigenvalue weighted by molar-refractivity contribution is 7.17. The Balaban J connectivity index is 1.36. The zero-order valence-electron chi connectivity index (χ0n) is 19.5. The third-order valence-corrected chi connectivity index (χ3v) is 7.08. The molecule has 34 heavy (non-hydrogen) atoms. The molecule has 3 heterocycles. The van der Waals surface area contributed by atoms with Gasteiger partial charge in [0.2, 0.25) is 5.95 Å². The lowest BCUT2D eigenvalue weighted by Crippen LogP contribution is -2.44. The Hall–Kier alpha value is -3.43. The number of rotatable bonds is 6. The highest BCUT2D eigenvalue weighted by Crippen LogP contribution is 2.31. The van der Waals surface area contributed by atoms with E-state index in [1.54, 1.807) is 18.4 Å². The molecule has 9 heteroatoms. The molecule has 0 atom stereocenters. The maximum absolute atomic E-state index is 12.3. The van der Waals surface area contributed by atoms with Crippen molar-refractivity contribution in [3.8, 4) is 0 Å². The summed E-state index contributed by atoms with van der Waals surface area (Å²) >= 11 is 1.58. The second-order valence-electron chi connectivity index (χ2n) is 8.51. The molecule has 0 saturated carbocycles. The van der Waals surface area contributed by atoms with Gasteiger partial charge >= 0.3 is 0 Å². The van der Waals surface area contributed by atoms with Gasteiger partial charge in [0, 0.05) is 50.3 Å². The van der Waals surface area contributed by atoms with Gasteiger partial charge in [0.1, 0.15) is 0 Å². The van der Waals surface area contributed by atoms with Gasteiger partial charge in [-0.15, -0.1) is 11.3 Å². The van der Waals surface area contributed by atoms with Gasteiger partial charge in [-0.3, -0.25) is 4.79 Å². The fourth-order valence-corrected chi connectivity index (χ4v) is 5.00. The van der Waals surface area contributed by atoms with Crippen molar-refractivity contribution in [2.24, 2.45) is 0 Å². The van der Waals surface area contributed by atoms with E-state index < -0.39 is 0 Å². The first-order valence-electron chi connectivity index (χ1n) is 11.6. The third-order valence-electron chi connectivity index (χ3n) is 6.17. The van der Waals surface area contributed by atoms with E-state index in [9.17, 15) is 4.79 Å². The molecule has 5 rings (SSSR count). The van der Waals surface area contributed by atoms with E-state index in [-0.39, 0.29) is 5.91 Å². The average Bonchev–Trinajstić information content (AvgIpc) is 3.34. The second kappa shape index (κ2) is 9.82. The maximum atomic E-state index is 12.3. The van der Waals surface area contributed by atoms with E-state index in [1.807, 2.05) is 17.5 Å². The number of allylic oxidation sites excluding steroid dienone is 2. The monoisotopic (exact) mass is 475 g/mol. The lowest BCUT2D eigenvalue weighted by molar-refractivity contribution is -0.116. The summed E-state index contributed by atoms with van der Waals surface area (Å²) in [7, 11) is 3.81. The minimum Gasteiger partial charge on any atom is -0.369 e. The highest BCUT2D eigenvalue weighted by atomic mass is 32.1. The molecule has 0 unspecified atom stereocenters. The Labute approximate surface area is 203 Å². The van der Waals surface area contributed by atoms with Crippen LogP contribution in [-0.4, -0.2) is 61.0 Å². The molecule has 8 nitrogen and oxygen atoms in total. The molecule has 3 aromatic rings. The summed E-state index contributed by atoms with van der Waals surface area (Å²) in [5, 5.41) is 11.5. The van der Waals surface area contributed by atoms with Gasteiger partial charge in [-0.05, 0) is 55.6 Å². The Morgan fingerprint density at radius 2 is 1.74 bits per heavy atom. The number of thiophene rings is 1. The van der Waals surface area contributed by atoms with Crippen LogP contribution >= 0.6 is 11.3 Å². The van der Waals surface area contributed by atoms with Crippen molar-refractivity contribution in [2.75, 3.05) is 55.8 Å². The Bertz CT molecular complexity index is 1240. The summed E-state index contributed by atoms with van der Waals surface area (Å²) in [5.74, 6) is 1.11. The fraction of sp³-hybridized carbons (Fsp3) is 0.320. The number of fused-ring (bicyclic) bond motifs is 1. The number of hydrogen-bond acceptors (Lipinski definition) is 8. The van der Waals surface area contributed by atoms with Gasteiger partial charge in [-0.25, -0.2) is 4.98 Å². The van der Waals surface area contributed by atoms with Gasteiger partial charge in [0.05, 0.1) is 15.8 Å². The van der Waals surface area contributed by atoms with Crippen molar-refractivity contribution >= 4 is 50.6 Å². The molecule has 1 fully saturated rings. The third kappa shape index (κ3) is 4.76. The van der Waals surface area contributed by atoms with Crippen LogP contribution in [0.25, 0.3) is 10.2 Å². The molecule has 1 aliphatic heterocycles. The van der Waals surface area contributed by atoms with Crippen molar-refractivity contribution < 1.29 is 4.79 Å². The minimum absolute atomic E-state index is 0.103. The number of carbonyl (C=O) groups is 1. The summed E-state index contributed by atoms with van der Waals surface area (Å²) in [6.45, 7) is 4.24. The molecule has 1 aliphatic carbocycles. The second-order valence-corrected chi connectivity index (χ2v) is 9.43. The molecule has 0 bridgehead atoms. The Morgan fingerprint density at radius 3 is 2.50 bits per heavy atom. The van der Waals surface area contributed by atoms with Gasteiger partial charge < -0.3 is 25.8 Å². The predicted octanol–water partition coefficient (Wildman–Crippen LogP) is 3.95. The standard InChI is InChI=1S/C25H29N7OS/c1-26-24(33)19-5-3-4-6-20(19)28-23-22-21(11-16-34-22)29-25(30-23)27-17-7-9-18(10-8-17)32-14-12-31(2)13-15-32/h5-11,16H,3-4,12-15H2,1-2H3,(H,26,33)(H2,27,28,29,30). The number of piperazine rings is 1. The van der Waals surface area contributed by atoms with Crippen molar-refractivity contribution in [1.82, 2.24) is 20.2 Å². The summed E-state index contributed by atoms with van der Waals surface area (Å²) in [4.78, 5) is 26.6. The van der Waals surface area contributed by atoms with Crippen LogP contribution in [0.5, 0.6) is 0 Å². The van der Waals surface area contributed by atoms with Crippen LogP contribution in [0.2, 0.25) is 0 Å². The van der Waals surface area contributed by atoms with Gasteiger partial charge in [-0.2, -0.15) is 4.98 Å². The van der Waals surface area contributed by atoms with Gasteiger partial charge in [0.15, 0.2) is 5.82 Å². The summed E-state index contributed by atoms with van der Waals surface area (Å²) < 4.78 is 0.957. The van der Waals surface area contributed by atoms with Crippen LogP contribution < -0.4 is 20.9 Å². The molecule has 176 valence electrons. The normalized spacial score (nSPS) is 16.7. The van der Waals surface area contributed by atoms with Crippen LogP contribution in [0, 0.1) is 0 Å². The van der Waals surface area contributed by atoms with E-state index in [0.717, 1.165) is 60.6 Å². The first-order valence-corrected chi connectivity index (χ1v) is 12.4. The number of amides is 1. The lowest BCUT2D eigenvalue weighted by atomic mass is 10.0. The number of nitrogens with one attached hydrogen (secondary N) is 3. The van der Waals surface area contributed by atoms with Crippen molar-refractivity contribution in [1.29, 1.82) is 0 Å². The number of carbonyl (C=O) groups excluding carboxylic acids is 1. The van der Waals surface area contributed by atoms with E-state index in [1.165, 1.54) is 5.69 Å². The lowest BCUT2D eigenvalue weighted by Gasteiger charge is -2.34. The van der Waals surface area contributed by atoms with E-state index in [2.05, 4.69) is 63.1 Å². The molecule has 0 radical (unpaired) electrons. The van der Waals surface area contributed by atoms with Crippen LogP contribution in [-0.2, 0) is 4.79 Å². The molecule has 2 aliphatic rings. The average molecular weight is 476 g/mol. The Kier molecular flexibility index (Phi) is 6.46. The largest absolute Gasteiger partial charge is 0.369 e. The van der Waals surface area contributed by atoms with Crippen LogP contribution in [0.4, 0.5) is 23.1 Å². The van der Waals surface area contributed by atoms with Crippen molar-refractivity contribution in [2.45, 2.75) is 12.8 Å². The van der Waals surface area contributed by atoms with Crippen LogP contribution in [0.15, 0.2) is 59.1 Å². The maximum Gasteiger partial charge on any atom is 0.252 e. The zero-order valence-corrected chi connectivity index (χ0v) is 20.3. The molecule has 1 amide bonds. The molecular weight excluding hydrogens is 446 g/mol. The first kappa shape index (κ1) is 22.4. The zero-order chi connectivity index (χ0) is 23.5. The first-order chi connectivity index (χ1) is 16.6. The molecule has 0 spiro atoms. The summed E-state index contributed by atoms with van der Waals surface area (Å²) in [5.41, 5.74) is 4.45. The van der Waals surface area contributed by atoms with Crippen molar-refractivity contribution in [3.05, 3.63) is 59.1 Å². The van der Waals surface area contributed by atoms with Gasteiger partial charge in [0.25, 0.3) is 5.91 Å². The van der Waals surface area contributed by atoms with Crippen LogP contribution in [0.3, 0.4) is 0 Å². The number of nitrogens with zero attached hydrogens (tertiary/aromatic N) is 4. The fourth-order valence-electron chi connectivity index (χ4n) is 4.22. The highest BCUT2D eigenvalue weighted by Gasteiger charge is 2.19. The number of aromatic nitrogens is 2. The topological polar surface area (TPSA) is 85.4 Å². The van der Waals surface area contributed by atoms with Crippen LogP contribution in [0.1, 0.15) is 12.8 Å². The predicted molar refractivity (Wildman–Crippen MR) is 140 cm³/mol. The number of hydrogen-bond donors (Lipinski definition) is 3. The van der Waals surface area contributed by atoms with Gasteiger partial charge in [-0.1, -0.05) is 12.2 Å². The van der Waals surface area contributed by atoms with Crippen molar-refractivity contribution in [3.63, 3.8) is 0 Å². The Morgan fingerprint density at radius 1 is 0.971 bits per heavy atom. The summed E-state index contributed by atoms with van der Waals surface area (Å²) in [6, 6.07) is 10.4. The molecule has 1 aromatic carbocycles.